The third-order valence-corrected chi connectivity index (χ3v) is 2.69. The van der Waals surface area contributed by atoms with Crippen LogP contribution in [0.1, 0.15) is 24.5 Å². The summed E-state index contributed by atoms with van der Waals surface area (Å²) in [6.45, 7) is 2.77. The van der Waals surface area contributed by atoms with E-state index in [1.807, 2.05) is 18.7 Å². The van der Waals surface area contributed by atoms with Crippen molar-refractivity contribution in [3.05, 3.63) is 29.1 Å². The van der Waals surface area contributed by atoms with Gasteiger partial charge in [-0.15, -0.1) is 0 Å². The predicted molar refractivity (Wildman–Crippen MR) is 60.2 cm³/mol. The zero-order chi connectivity index (χ0) is 11.5. The lowest BCUT2D eigenvalue weighted by molar-refractivity contribution is 0.548. The highest BCUT2D eigenvalue weighted by molar-refractivity contribution is 6.31. The van der Waals surface area contributed by atoms with Gasteiger partial charge in [0.1, 0.15) is 18.2 Å². The minimum atomic E-state index is -0.127. The van der Waals surface area contributed by atoms with Crippen molar-refractivity contribution >= 4 is 11.6 Å². The highest BCUT2D eigenvalue weighted by atomic mass is 35.5. The first-order chi connectivity index (χ1) is 7.77. The van der Waals surface area contributed by atoms with Crippen LogP contribution < -0.4 is 5.32 Å². The minimum absolute atomic E-state index is 0.127. The highest BCUT2D eigenvalue weighted by Crippen LogP contribution is 2.25. The number of halogens is 1. The van der Waals surface area contributed by atoms with E-state index < -0.39 is 0 Å². The van der Waals surface area contributed by atoms with Crippen LogP contribution in [0.5, 0.6) is 0 Å². The number of nitrogens with one attached hydrogen (secondary N) is 2. The zero-order valence-corrected chi connectivity index (χ0v) is 9.86. The van der Waals surface area contributed by atoms with Crippen molar-refractivity contribution in [3.63, 3.8) is 0 Å². The van der Waals surface area contributed by atoms with E-state index in [1.54, 1.807) is 6.20 Å². The van der Waals surface area contributed by atoms with Crippen molar-refractivity contribution in [2.24, 2.45) is 0 Å². The molecule has 1 atom stereocenters. The number of H-pyrrole nitrogens is 1. The highest BCUT2D eigenvalue weighted by Gasteiger charge is 2.22. The third kappa shape index (κ3) is 1.81. The van der Waals surface area contributed by atoms with Gasteiger partial charge in [-0.3, -0.25) is 9.78 Å². The second kappa shape index (κ2) is 4.63. The molecule has 0 saturated carbocycles. The van der Waals surface area contributed by atoms with Crippen molar-refractivity contribution in [1.82, 2.24) is 30.3 Å². The zero-order valence-electron chi connectivity index (χ0n) is 9.11. The predicted octanol–water partition coefficient (Wildman–Crippen LogP) is 0.983. The monoisotopic (exact) mass is 240 g/mol. The second-order valence-corrected chi connectivity index (χ2v) is 3.69. The van der Waals surface area contributed by atoms with Gasteiger partial charge >= 0.3 is 0 Å². The summed E-state index contributed by atoms with van der Waals surface area (Å²) in [4.78, 5) is 4.13. The van der Waals surface area contributed by atoms with Crippen molar-refractivity contribution in [3.8, 4) is 0 Å². The number of hydrogen-bond donors (Lipinski definition) is 2. The molecular formula is C9H13ClN6. The van der Waals surface area contributed by atoms with Crippen molar-refractivity contribution < 1.29 is 0 Å². The normalized spacial score (nSPS) is 12.9. The summed E-state index contributed by atoms with van der Waals surface area (Å²) >= 11 is 6.13. The molecule has 6 nitrogen and oxygen atoms in total. The van der Waals surface area contributed by atoms with Gasteiger partial charge in [-0.2, -0.15) is 10.2 Å². The van der Waals surface area contributed by atoms with Gasteiger partial charge in [-0.25, -0.2) is 4.98 Å². The molecule has 0 spiro atoms. The molecular weight excluding hydrogens is 228 g/mol. The number of nitrogens with zero attached hydrogens (tertiary/aromatic N) is 4. The number of aryl methyl sites for hydroxylation is 1. The Morgan fingerprint density at radius 3 is 3.00 bits per heavy atom. The lowest BCUT2D eigenvalue weighted by Crippen LogP contribution is -2.23. The van der Waals surface area contributed by atoms with Crippen molar-refractivity contribution in [2.45, 2.75) is 19.5 Å². The van der Waals surface area contributed by atoms with Crippen molar-refractivity contribution in [2.75, 3.05) is 7.05 Å². The average molecular weight is 241 g/mol. The Kier molecular flexibility index (Phi) is 3.21. The number of hydrogen-bond acceptors (Lipinski definition) is 4. The van der Waals surface area contributed by atoms with Gasteiger partial charge in [0.25, 0.3) is 0 Å². The molecule has 16 heavy (non-hydrogen) atoms. The molecule has 0 bridgehead atoms. The number of aromatic amines is 1. The summed E-state index contributed by atoms with van der Waals surface area (Å²) in [7, 11) is 1.84. The Hall–Kier alpha value is -1.40. The maximum atomic E-state index is 6.13. The summed E-state index contributed by atoms with van der Waals surface area (Å²) in [5, 5.41) is 14.6. The fourth-order valence-electron chi connectivity index (χ4n) is 1.67. The van der Waals surface area contributed by atoms with Crippen LogP contribution in [0.4, 0.5) is 0 Å². The van der Waals surface area contributed by atoms with E-state index in [4.69, 9.17) is 11.6 Å². The van der Waals surface area contributed by atoms with E-state index in [0.29, 0.717) is 5.02 Å². The van der Waals surface area contributed by atoms with Gasteiger partial charge in [0.05, 0.1) is 16.9 Å². The standard InChI is InChI=1S/C9H13ClN6/c1-3-16-8(6(10)4-14-16)7(11-2)9-12-5-13-15-9/h4-5,7,11H,3H2,1-2H3,(H,12,13,15). The molecule has 0 radical (unpaired) electrons. The fraction of sp³-hybridized carbons (Fsp3) is 0.444. The molecule has 7 heteroatoms. The third-order valence-electron chi connectivity index (χ3n) is 2.40. The van der Waals surface area contributed by atoms with E-state index in [2.05, 4.69) is 25.6 Å². The summed E-state index contributed by atoms with van der Waals surface area (Å²) in [5.41, 5.74) is 0.892. The van der Waals surface area contributed by atoms with Crippen LogP contribution in [0.2, 0.25) is 5.02 Å². The molecule has 0 saturated heterocycles. The molecule has 1 unspecified atom stereocenters. The molecule has 2 N–H and O–H groups in total. The van der Waals surface area contributed by atoms with E-state index in [9.17, 15) is 0 Å². The number of aromatic nitrogens is 5. The quantitative estimate of drug-likeness (QED) is 0.836. The van der Waals surface area contributed by atoms with Crippen LogP contribution in [-0.4, -0.2) is 32.0 Å². The van der Waals surface area contributed by atoms with Gasteiger partial charge in [0, 0.05) is 6.54 Å². The van der Waals surface area contributed by atoms with Crippen molar-refractivity contribution in [1.29, 1.82) is 0 Å². The minimum Gasteiger partial charge on any atom is -0.305 e. The molecule has 0 aromatic carbocycles. The lowest BCUT2D eigenvalue weighted by Gasteiger charge is -2.15. The topological polar surface area (TPSA) is 71.4 Å². The van der Waals surface area contributed by atoms with Crippen LogP contribution in [-0.2, 0) is 6.54 Å². The summed E-state index contributed by atoms with van der Waals surface area (Å²) in [5.74, 6) is 0.722. The van der Waals surface area contributed by atoms with Crippen LogP contribution in [0.3, 0.4) is 0 Å². The van der Waals surface area contributed by atoms with E-state index >= 15 is 0 Å². The largest absolute Gasteiger partial charge is 0.305 e. The first-order valence-corrected chi connectivity index (χ1v) is 5.39. The van der Waals surface area contributed by atoms with Crippen LogP contribution in [0.25, 0.3) is 0 Å². The number of rotatable bonds is 4. The van der Waals surface area contributed by atoms with Gasteiger partial charge < -0.3 is 5.32 Å². The van der Waals surface area contributed by atoms with E-state index in [-0.39, 0.29) is 6.04 Å². The Labute approximate surface area is 98.0 Å². The Bertz CT molecular complexity index is 449. The summed E-state index contributed by atoms with van der Waals surface area (Å²) < 4.78 is 1.84. The Morgan fingerprint density at radius 2 is 2.44 bits per heavy atom. The molecule has 0 amide bonds. The molecule has 2 rings (SSSR count). The maximum absolute atomic E-state index is 6.13. The Balaban J connectivity index is 2.44. The molecule has 0 aliphatic carbocycles. The fourth-order valence-corrected chi connectivity index (χ4v) is 1.92. The van der Waals surface area contributed by atoms with Gasteiger partial charge in [0.15, 0.2) is 0 Å². The molecule has 0 aliphatic rings. The first-order valence-electron chi connectivity index (χ1n) is 5.01. The van der Waals surface area contributed by atoms with Gasteiger partial charge in [-0.05, 0) is 14.0 Å². The molecule has 2 heterocycles. The molecule has 2 aromatic heterocycles. The van der Waals surface area contributed by atoms with Crippen LogP contribution >= 0.6 is 11.6 Å². The van der Waals surface area contributed by atoms with E-state index in [1.165, 1.54) is 6.33 Å². The summed E-state index contributed by atoms with van der Waals surface area (Å²) in [6, 6.07) is -0.127. The molecule has 0 aliphatic heterocycles. The van der Waals surface area contributed by atoms with Gasteiger partial charge in [0.2, 0.25) is 0 Å². The van der Waals surface area contributed by atoms with Gasteiger partial charge in [-0.1, -0.05) is 11.6 Å². The van der Waals surface area contributed by atoms with Crippen LogP contribution in [0.15, 0.2) is 12.5 Å². The first kappa shape index (κ1) is 11.1. The van der Waals surface area contributed by atoms with Crippen LogP contribution in [0, 0.1) is 0 Å². The molecule has 86 valence electrons. The molecule has 0 fully saturated rings. The maximum Gasteiger partial charge on any atom is 0.147 e. The SMILES string of the molecule is CCn1ncc(Cl)c1C(NC)c1ncn[nH]1. The molecule has 2 aromatic rings. The average Bonchev–Trinajstić information content (AvgIpc) is 2.91. The Morgan fingerprint density at radius 1 is 1.62 bits per heavy atom. The summed E-state index contributed by atoms with van der Waals surface area (Å²) in [6.07, 6.45) is 3.11. The second-order valence-electron chi connectivity index (χ2n) is 3.29. The smallest absolute Gasteiger partial charge is 0.147 e. The lowest BCUT2D eigenvalue weighted by atomic mass is 10.2. The van der Waals surface area contributed by atoms with E-state index in [0.717, 1.165) is 18.1 Å².